The van der Waals surface area contributed by atoms with Crippen molar-refractivity contribution in [2.45, 2.75) is 52.1 Å². The van der Waals surface area contributed by atoms with Crippen molar-refractivity contribution in [3.63, 3.8) is 0 Å². The highest BCUT2D eigenvalue weighted by Gasteiger charge is 2.23. The Kier molecular flexibility index (Phi) is 5.20. The minimum absolute atomic E-state index is 0.0817. The van der Waals surface area contributed by atoms with Gasteiger partial charge in [0.15, 0.2) is 5.82 Å². The molecule has 0 amide bonds. The molecule has 4 nitrogen and oxygen atoms in total. The fourth-order valence-electron chi connectivity index (χ4n) is 1.74. The molecule has 1 aromatic rings. The van der Waals surface area contributed by atoms with E-state index in [-0.39, 0.29) is 17.1 Å². The van der Waals surface area contributed by atoms with Crippen LogP contribution in [-0.2, 0) is 0 Å². The molecule has 0 aliphatic rings. The van der Waals surface area contributed by atoms with Gasteiger partial charge in [0, 0.05) is 29.9 Å². The second-order valence-corrected chi connectivity index (χ2v) is 5.44. The fraction of sp³-hybridized carbons (Fsp3) is 0.692. The van der Waals surface area contributed by atoms with Crippen LogP contribution in [0.3, 0.4) is 0 Å². The van der Waals surface area contributed by atoms with Crippen molar-refractivity contribution >= 4 is 17.4 Å². The molecule has 1 rings (SSSR count). The second kappa shape index (κ2) is 6.23. The fourth-order valence-corrected chi connectivity index (χ4v) is 2.16. The molecule has 102 valence electrons. The standard InChI is InChI=1S/C13H22ClN3O/c1-5-13(4,6-7-14)16-11-12(18)17(10(2)3)9-8-15-11/h8-10H,5-7H2,1-4H3,(H,15,16). The Balaban J connectivity index is 3.04. The van der Waals surface area contributed by atoms with Crippen LogP contribution in [0.4, 0.5) is 5.82 Å². The molecule has 0 fully saturated rings. The van der Waals surface area contributed by atoms with Crippen LogP contribution in [0.2, 0.25) is 0 Å². The predicted molar refractivity (Wildman–Crippen MR) is 76.5 cm³/mol. The van der Waals surface area contributed by atoms with E-state index in [2.05, 4.69) is 24.1 Å². The molecular formula is C13H22ClN3O. The van der Waals surface area contributed by atoms with E-state index in [0.29, 0.717) is 11.7 Å². The first kappa shape index (κ1) is 15.0. The van der Waals surface area contributed by atoms with E-state index in [1.54, 1.807) is 17.0 Å². The van der Waals surface area contributed by atoms with Gasteiger partial charge in [0.1, 0.15) is 0 Å². The van der Waals surface area contributed by atoms with Crippen LogP contribution >= 0.6 is 11.6 Å². The third kappa shape index (κ3) is 3.48. The van der Waals surface area contributed by atoms with E-state index in [1.165, 1.54) is 0 Å². The highest BCUT2D eigenvalue weighted by molar-refractivity contribution is 6.17. The molecule has 0 radical (unpaired) electrons. The number of halogens is 1. The largest absolute Gasteiger partial charge is 0.360 e. The molecule has 1 atom stereocenters. The molecule has 1 aromatic heterocycles. The topological polar surface area (TPSA) is 46.9 Å². The number of rotatable bonds is 6. The molecule has 0 aliphatic carbocycles. The lowest BCUT2D eigenvalue weighted by Crippen LogP contribution is -2.38. The summed E-state index contributed by atoms with van der Waals surface area (Å²) in [6.07, 6.45) is 5.05. The summed E-state index contributed by atoms with van der Waals surface area (Å²) in [5.41, 5.74) is -0.272. The number of hydrogen-bond acceptors (Lipinski definition) is 3. The Labute approximate surface area is 113 Å². The van der Waals surface area contributed by atoms with Crippen LogP contribution in [0.15, 0.2) is 17.2 Å². The summed E-state index contributed by atoms with van der Waals surface area (Å²) in [5.74, 6) is 0.961. The number of nitrogens with one attached hydrogen (secondary N) is 1. The summed E-state index contributed by atoms with van der Waals surface area (Å²) in [6.45, 7) is 8.08. The van der Waals surface area contributed by atoms with Gasteiger partial charge in [0.2, 0.25) is 0 Å². The zero-order chi connectivity index (χ0) is 13.8. The first-order valence-corrected chi connectivity index (χ1v) is 6.88. The van der Waals surface area contributed by atoms with Crippen molar-refractivity contribution in [2.24, 2.45) is 0 Å². The monoisotopic (exact) mass is 271 g/mol. The van der Waals surface area contributed by atoms with Gasteiger partial charge in [0.25, 0.3) is 5.56 Å². The first-order valence-electron chi connectivity index (χ1n) is 6.35. The normalized spacial score (nSPS) is 14.6. The molecule has 0 saturated heterocycles. The van der Waals surface area contributed by atoms with E-state index in [1.807, 2.05) is 13.8 Å². The molecule has 0 bridgehead atoms. The van der Waals surface area contributed by atoms with E-state index in [9.17, 15) is 4.79 Å². The van der Waals surface area contributed by atoms with Gasteiger partial charge in [-0.15, -0.1) is 11.6 Å². The van der Waals surface area contributed by atoms with Crippen LogP contribution < -0.4 is 10.9 Å². The lowest BCUT2D eigenvalue weighted by molar-refractivity contribution is 0.475. The molecule has 1 unspecified atom stereocenters. The second-order valence-electron chi connectivity index (χ2n) is 5.06. The molecule has 0 saturated carbocycles. The summed E-state index contributed by atoms with van der Waals surface area (Å²) >= 11 is 5.81. The number of alkyl halides is 1. The average molecular weight is 272 g/mol. The Hall–Kier alpha value is -1.03. The smallest absolute Gasteiger partial charge is 0.293 e. The SMILES string of the molecule is CCC(C)(CCCl)Nc1nccn(C(C)C)c1=O. The Bertz CT molecular complexity index is 444. The molecule has 0 aliphatic heterocycles. The quantitative estimate of drug-likeness (QED) is 0.809. The number of anilines is 1. The lowest BCUT2D eigenvalue weighted by atomic mass is 9.95. The van der Waals surface area contributed by atoms with Gasteiger partial charge in [-0.2, -0.15) is 0 Å². The maximum Gasteiger partial charge on any atom is 0.293 e. The van der Waals surface area contributed by atoms with Crippen molar-refractivity contribution in [3.8, 4) is 0 Å². The van der Waals surface area contributed by atoms with Gasteiger partial charge in [-0.1, -0.05) is 6.92 Å². The van der Waals surface area contributed by atoms with Crippen LogP contribution in [0.1, 0.15) is 46.6 Å². The zero-order valence-corrected chi connectivity index (χ0v) is 12.3. The summed E-state index contributed by atoms with van der Waals surface area (Å²) in [6, 6.07) is 0.127. The van der Waals surface area contributed by atoms with Gasteiger partial charge in [0.05, 0.1) is 0 Å². The molecule has 5 heteroatoms. The Morgan fingerprint density at radius 2 is 2.22 bits per heavy atom. The Morgan fingerprint density at radius 1 is 1.56 bits per heavy atom. The van der Waals surface area contributed by atoms with E-state index >= 15 is 0 Å². The summed E-state index contributed by atoms with van der Waals surface area (Å²) in [7, 11) is 0. The first-order chi connectivity index (χ1) is 8.43. The maximum atomic E-state index is 12.2. The zero-order valence-electron chi connectivity index (χ0n) is 11.5. The third-order valence-electron chi connectivity index (χ3n) is 3.27. The van der Waals surface area contributed by atoms with Crippen LogP contribution in [0, 0.1) is 0 Å². The van der Waals surface area contributed by atoms with E-state index in [4.69, 9.17) is 11.6 Å². The molecule has 1 heterocycles. The lowest BCUT2D eigenvalue weighted by Gasteiger charge is -2.29. The molecule has 0 spiro atoms. The number of aromatic nitrogens is 2. The highest BCUT2D eigenvalue weighted by atomic mass is 35.5. The van der Waals surface area contributed by atoms with Gasteiger partial charge in [-0.25, -0.2) is 4.98 Å². The summed E-state index contributed by atoms with van der Waals surface area (Å²) < 4.78 is 1.67. The average Bonchev–Trinajstić information content (AvgIpc) is 2.32. The van der Waals surface area contributed by atoms with Gasteiger partial charge in [-0.3, -0.25) is 4.79 Å². The van der Waals surface area contributed by atoms with E-state index < -0.39 is 0 Å². The highest BCUT2D eigenvalue weighted by Crippen LogP contribution is 2.19. The number of hydrogen-bond donors (Lipinski definition) is 1. The van der Waals surface area contributed by atoms with E-state index in [0.717, 1.165) is 12.8 Å². The minimum atomic E-state index is -0.190. The summed E-state index contributed by atoms with van der Waals surface area (Å²) in [4.78, 5) is 16.4. The van der Waals surface area contributed by atoms with Gasteiger partial charge >= 0.3 is 0 Å². The van der Waals surface area contributed by atoms with Gasteiger partial charge < -0.3 is 9.88 Å². The molecule has 18 heavy (non-hydrogen) atoms. The van der Waals surface area contributed by atoms with Gasteiger partial charge in [-0.05, 0) is 33.6 Å². The minimum Gasteiger partial charge on any atom is -0.360 e. The molecular weight excluding hydrogens is 250 g/mol. The van der Waals surface area contributed by atoms with Crippen LogP contribution in [0.5, 0.6) is 0 Å². The third-order valence-corrected chi connectivity index (χ3v) is 3.46. The van der Waals surface area contributed by atoms with Crippen molar-refractivity contribution in [1.82, 2.24) is 9.55 Å². The Morgan fingerprint density at radius 3 is 2.72 bits per heavy atom. The number of nitrogens with zero attached hydrogens (tertiary/aromatic N) is 2. The maximum absolute atomic E-state index is 12.2. The summed E-state index contributed by atoms with van der Waals surface area (Å²) in [5, 5.41) is 3.24. The van der Waals surface area contributed by atoms with Crippen molar-refractivity contribution in [3.05, 3.63) is 22.7 Å². The van der Waals surface area contributed by atoms with Crippen molar-refractivity contribution < 1.29 is 0 Å². The predicted octanol–water partition coefficient (Wildman–Crippen LogP) is 3.03. The van der Waals surface area contributed by atoms with Crippen molar-refractivity contribution in [1.29, 1.82) is 0 Å². The molecule has 1 N–H and O–H groups in total. The van der Waals surface area contributed by atoms with Crippen LogP contribution in [0.25, 0.3) is 0 Å². The van der Waals surface area contributed by atoms with Crippen LogP contribution in [-0.4, -0.2) is 21.0 Å². The molecule has 0 aromatic carbocycles. The van der Waals surface area contributed by atoms with Crippen molar-refractivity contribution in [2.75, 3.05) is 11.2 Å².